The summed E-state index contributed by atoms with van der Waals surface area (Å²) in [4.78, 5) is 59.9. The average molecular weight is 480 g/mol. The monoisotopic (exact) mass is 480 g/mol. The summed E-state index contributed by atoms with van der Waals surface area (Å²) in [6.45, 7) is 2.16. The lowest BCUT2D eigenvalue weighted by Crippen LogP contribution is -2.60. The number of halogens is 1. The largest absolute Gasteiger partial charge is 0.463 e. The first-order valence-electron chi connectivity index (χ1n) is 9.19. The van der Waals surface area contributed by atoms with E-state index in [1.54, 1.807) is 0 Å². The number of hydrogen-bond acceptors (Lipinski definition) is 11. The molecule has 2 rings (SSSR count). The second-order valence-electron chi connectivity index (χ2n) is 6.69. The Hall–Kier alpha value is -2.67. The van der Waals surface area contributed by atoms with Gasteiger partial charge in [0.25, 0.3) is 0 Å². The van der Waals surface area contributed by atoms with Gasteiger partial charge in [0.05, 0.1) is 5.92 Å². The number of ether oxygens (including phenoxy) is 4. The number of carbonyl (C=O) groups excluding carboxylic acids is 4. The van der Waals surface area contributed by atoms with Crippen LogP contribution in [0.3, 0.4) is 0 Å². The van der Waals surface area contributed by atoms with Crippen LogP contribution in [-0.4, -0.2) is 75.8 Å². The molecule has 7 atom stereocenters. The van der Waals surface area contributed by atoms with Crippen LogP contribution < -0.4 is 0 Å². The van der Waals surface area contributed by atoms with Gasteiger partial charge in [0, 0.05) is 33.2 Å². The maximum absolute atomic E-state index is 14.9. The zero-order valence-corrected chi connectivity index (χ0v) is 18.1. The Balaban J connectivity index is 2.43. The highest BCUT2D eigenvalue weighted by atomic mass is 31.2. The first-order chi connectivity index (χ1) is 15.0. The Bertz CT molecular complexity index is 880. The highest BCUT2D eigenvalue weighted by Crippen LogP contribution is 2.47. The summed E-state index contributed by atoms with van der Waals surface area (Å²) in [5, 5.41) is 0. The van der Waals surface area contributed by atoms with E-state index in [-0.39, 0.29) is 6.29 Å². The zero-order chi connectivity index (χ0) is 24.1. The summed E-state index contributed by atoms with van der Waals surface area (Å²) < 4.78 is 53.4. The van der Waals surface area contributed by atoms with Crippen molar-refractivity contribution in [3.05, 3.63) is 18.7 Å². The minimum Gasteiger partial charge on any atom is -0.463 e. The van der Waals surface area contributed by atoms with Crippen LogP contribution in [0.15, 0.2) is 18.7 Å². The number of nitrogens with zero attached hydrogens (tertiary/aromatic N) is 2. The van der Waals surface area contributed by atoms with Crippen molar-refractivity contribution in [2.45, 2.75) is 51.5 Å². The smallest absolute Gasteiger partial charge is 0.439 e. The van der Waals surface area contributed by atoms with E-state index in [9.17, 15) is 33.0 Å². The van der Waals surface area contributed by atoms with E-state index in [1.165, 1.54) is 6.20 Å². The molecule has 0 aromatic carbocycles. The lowest BCUT2D eigenvalue weighted by Gasteiger charge is -2.44. The molecule has 0 aliphatic carbocycles. The van der Waals surface area contributed by atoms with Crippen molar-refractivity contribution in [2.75, 3.05) is 6.61 Å². The number of aldehydes is 1. The standard InChI is InChI=1S/C17H22FN2O11P/c1-9(22)27-7-13(18)16-14(28-10(2)23)12(6-21)15(29-11(3)24)17(30-16)31-32(25,26)20-5-4-19-8-20/h4-6,8,12-17H,7H2,1-3H3,(H,25,26)/t12?,13-,14-,15?,16?,17-/m0/s1. The van der Waals surface area contributed by atoms with Crippen molar-refractivity contribution in [3.63, 3.8) is 0 Å². The maximum Gasteiger partial charge on any atom is 0.439 e. The molecule has 178 valence electrons. The van der Waals surface area contributed by atoms with E-state index in [0.29, 0.717) is 4.34 Å². The molecule has 2 heterocycles. The third-order valence-corrected chi connectivity index (χ3v) is 5.53. The van der Waals surface area contributed by atoms with E-state index in [4.69, 9.17) is 18.7 Å². The van der Waals surface area contributed by atoms with Gasteiger partial charge in [0.1, 0.15) is 31.4 Å². The van der Waals surface area contributed by atoms with Crippen LogP contribution >= 0.6 is 7.75 Å². The molecular formula is C17H22FN2O11P. The Morgan fingerprint density at radius 1 is 1.22 bits per heavy atom. The molecule has 1 aliphatic heterocycles. The van der Waals surface area contributed by atoms with E-state index in [0.717, 1.165) is 33.3 Å². The molecule has 0 spiro atoms. The fraction of sp³-hybridized carbons (Fsp3) is 0.588. The summed E-state index contributed by atoms with van der Waals surface area (Å²) in [6.07, 6.45) is -5.75. The number of imidazole rings is 1. The van der Waals surface area contributed by atoms with Crippen molar-refractivity contribution in [1.82, 2.24) is 9.32 Å². The van der Waals surface area contributed by atoms with E-state index < -0.39 is 69.0 Å². The van der Waals surface area contributed by atoms with Gasteiger partial charge in [-0.15, -0.1) is 0 Å². The molecule has 1 fully saturated rings. The van der Waals surface area contributed by atoms with Crippen LogP contribution in [0.1, 0.15) is 20.8 Å². The van der Waals surface area contributed by atoms with Crippen molar-refractivity contribution < 1.29 is 56.5 Å². The van der Waals surface area contributed by atoms with Crippen LogP contribution in [0.5, 0.6) is 0 Å². The Morgan fingerprint density at radius 3 is 2.34 bits per heavy atom. The third-order valence-electron chi connectivity index (χ3n) is 4.23. The van der Waals surface area contributed by atoms with Crippen molar-refractivity contribution in [1.29, 1.82) is 0 Å². The first-order valence-corrected chi connectivity index (χ1v) is 10.7. The molecular weight excluding hydrogens is 458 g/mol. The van der Waals surface area contributed by atoms with Crippen LogP contribution in [0.4, 0.5) is 4.39 Å². The lowest BCUT2D eigenvalue weighted by molar-refractivity contribution is -0.275. The van der Waals surface area contributed by atoms with Crippen molar-refractivity contribution in [3.8, 4) is 0 Å². The molecule has 1 saturated heterocycles. The van der Waals surface area contributed by atoms with Gasteiger partial charge in [-0.2, -0.15) is 0 Å². The molecule has 1 aliphatic rings. The number of rotatable bonds is 9. The summed E-state index contributed by atoms with van der Waals surface area (Å²) in [7, 11) is -4.71. The second kappa shape index (κ2) is 10.8. The molecule has 0 radical (unpaired) electrons. The normalized spacial score (nSPS) is 28.1. The van der Waals surface area contributed by atoms with Crippen molar-refractivity contribution in [2.24, 2.45) is 5.92 Å². The summed E-state index contributed by atoms with van der Waals surface area (Å²) in [6, 6.07) is 0. The minimum absolute atomic E-state index is 0.213. The molecule has 4 unspecified atom stereocenters. The quantitative estimate of drug-likeness (QED) is 0.220. The van der Waals surface area contributed by atoms with Crippen LogP contribution in [-0.2, 0) is 47.2 Å². The van der Waals surface area contributed by atoms with Crippen LogP contribution in [0.25, 0.3) is 0 Å². The van der Waals surface area contributed by atoms with Gasteiger partial charge in [0.15, 0.2) is 12.3 Å². The van der Waals surface area contributed by atoms with Gasteiger partial charge in [-0.1, -0.05) is 0 Å². The van der Waals surface area contributed by atoms with Gasteiger partial charge in [-0.3, -0.25) is 18.9 Å². The molecule has 0 bridgehead atoms. The molecule has 15 heteroatoms. The van der Waals surface area contributed by atoms with Crippen LogP contribution in [0, 0.1) is 5.92 Å². The number of alkyl halides is 1. The molecule has 1 aromatic heterocycles. The van der Waals surface area contributed by atoms with Gasteiger partial charge >= 0.3 is 25.7 Å². The average Bonchev–Trinajstić information content (AvgIpc) is 3.23. The highest BCUT2D eigenvalue weighted by Gasteiger charge is 2.54. The van der Waals surface area contributed by atoms with Crippen LogP contribution in [0.2, 0.25) is 0 Å². The van der Waals surface area contributed by atoms with Gasteiger partial charge in [-0.25, -0.2) is 18.3 Å². The topological polar surface area (TPSA) is 170 Å². The molecule has 1 N–H and O–H groups in total. The number of esters is 3. The number of hydrogen-bond donors (Lipinski definition) is 1. The number of aromatic nitrogens is 2. The summed E-state index contributed by atoms with van der Waals surface area (Å²) >= 11 is 0. The highest BCUT2D eigenvalue weighted by molar-refractivity contribution is 7.51. The minimum atomic E-state index is -4.71. The molecule has 0 amide bonds. The maximum atomic E-state index is 14.9. The van der Waals surface area contributed by atoms with Gasteiger partial charge < -0.3 is 28.6 Å². The Labute approximate surface area is 181 Å². The zero-order valence-electron chi connectivity index (χ0n) is 17.2. The lowest BCUT2D eigenvalue weighted by atomic mass is 9.88. The number of carbonyl (C=O) groups is 4. The van der Waals surface area contributed by atoms with E-state index in [2.05, 4.69) is 9.72 Å². The Morgan fingerprint density at radius 2 is 1.84 bits per heavy atom. The van der Waals surface area contributed by atoms with Gasteiger partial charge in [-0.05, 0) is 0 Å². The van der Waals surface area contributed by atoms with E-state index >= 15 is 0 Å². The second-order valence-corrected chi connectivity index (χ2v) is 8.34. The fourth-order valence-electron chi connectivity index (χ4n) is 2.97. The predicted molar refractivity (Wildman–Crippen MR) is 99.4 cm³/mol. The summed E-state index contributed by atoms with van der Waals surface area (Å²) in [5.74, 6) is -4.21. The molecule has 32 heavy (non-hydrogen) atoms. The van der Waals surface area contributed by atoms with Crippen molar-refractivity contribution >= 4 is 31.9 Å². The van der Waals surface area contributed by atoms with Gasteiger partial charge in [0.2, 0.25) is 6.29 Å². The predicted octanol–water partition coefficient (Wildman–Crippen LogP) is 0.153. The third kappa shape index (κ3) is 6.42. The first kappa shape index (κ1) is 25.6. The summed E-state index contributed by atoms with van der Waals surface area (Å²) in [5.41, 5.74) is 0. The molecule has 1 aromatic rings. The SMILES string of the molecule is CC(=O)OC[C@H](F)C1O[C@@H](OP(=O)(O)n2ccnc2)C(OC(C)=O)C(C=O)[C@@H]1OC(C)=O. The fourth-order valence-corrected chi connectivity index (χ4v) is 3.94. The molecule has 13 nitrogen and oxygen atoms in total. The van der Waals surface area contributed by atoms with E-state index in [1.807, 2.05) is 0 Å². The molecule has 0 saturated carbocycles. The Kier molecular flexibility index (Phi) is 8.61.